The van der Waals surface area contributed by atoms with Crippen molar-refractivity contribution in [3.05, 3.63) is 0 Å². The zero-order valence-corrected chi connectivity index (χ0v) is 11.9. The van der Waals surface area contributed by atoms with Crippen molar-refractivity contribution in [2.75, 3.05) is 26.2 Å². The molecule has 2 aliphatic rings. The summed E-state index contributed by atoms with van der Waals surface area (Å²) in [6.07, 6.45) is 2.78. The predicted molar refractivity (Wildman–Crippen MR) is 73.1 cm³/mol. The van der Waals surface area contributed by atoms with Crippen molar-refractivity contribution < 1.29 is 0 Å². The molecule has 0 aromatic heterocycles. The van der Waals surface area contributed by atoms with Crippen LogP contribution in [0.2, 0.25) is 0 Å². The first-order valence-corrected chi connectivity index (χ1v) is 7.14. The van der Waals surface area contributed by atoms with Gasteiger partial charge < -0.3 is 5.73 Å². The van der Waals surface area contributed by atoms with Crippen LogP contribution >= 0.6 is 0 Å². The highest BCUT2D eigenvalue weighted by Gasteiger charge is 2.37. The van der Waals surface area contributed by atoms with Crippen molar-refractivity contribution in [3.8, 4) is 0 Å². The maximum absolute atomic E-state index is 6.10. The average Bonchev–Trinajstić information content (AvgIpc) is 2.64. The Morgan fingerprint density at radius 3 is 2.71 bits per heavy atom. The molecule has 0 radical (unpaired) electrons. The predicted octanol–water partition coefficient (Wildman–Crippen LogP) is 1.53. The molecule has 2 heterocycles. The Hall–Kier alpha value is -0.120. The van der Waals surface area contributed by atoms with Crippen LogP contribution in [0.4, 0.5) is 0 Å². The van der Waals surface area contributed by atoms with Crippen molar-refractivity contribution in [1.82, 2.24) is 9.80 Å². The van der Waals surface area contributed by atoms with Gasteiger partial charge in [-0.3, -0.25) is 9.80 Å². The fraction of sp³-hybridized carbons (Fsp3) is 1.00. The molecule has 0 aromatic carbocycles. The molecule has 3 nitrogen and oxygen atoms in total. The van der Waals surface area contributed by atoms with Gasteiger partial charge in [0.05, 0.1) is 0 Å². The van der Waals surface area contributed by atoms with Crippen molar-refractivity contribution >= 4 is 0 Å². The van der Waals surface area contributed by atoms with Gasteiger partial charge in [-0.25, -0.2) is 0 Å². The molecule has 2 fully saturated rings. The third-order valence-corrected chi connectivity index (χ3v) is 4.91. The Balaban J connectivity index is 1.97. The lowest BCUT2D eigenvalue weighted by atomic mass is 9.84. The van der Waals surface area contributed by atoms with Gasteiger partial charge >= 0.3 is 0 Å². The molecule has 100 valence electrons. The zero-order chi connectivity index (χ0) is 12.6. The highest BCUT2D eigenvalue weighted by molar-refractivity contribution is 4.93. The molecule has 3 heteroatoms. The second-order valence-corrected chi connectivity index (χ2v) is 6.85. The van der Waals surface area contributed by atoms with Crippen LogP contribution in [0.5, 0.6) is 0 Å². The van der Waals surface area contributed by atoms with Crippen molar-refractivity contribution in [3.63, 3.8) is 0 Å². The van der Waals surface area contributed by atoms with Gasteiger partial charge in [0.1, 0.15) is 0 Å². The highest BCUT2D eigenvalue weighted by atomic mass is 15.3. The van der Waals surface area contributed by atoms with Crippen LogP contribution in [0.3, 0.4) is 0 Å². The van der Waals surface area contributed by atoms with E-state index < -0.39 is 0 Å². The minimum absolute atomic E-state index is 0.217. The lowest BCUT2D eigenvalue weighted by Crippen LogP contribution is -2.58. The van der Waals surface area contributed by atoms with Gasteiger partial charge in [-0.15, -0.1) is 0 Å². The van der Waals surface area contributed by atoms with Crippen LogP contribution in [0.25, 0.3) is 0 Å². The quantitative estimate of drug-likeness (QED) is 0.810. The molecular formula is C14H29N3. The smallest absolute Gasteiger partial charge is 0.0224 e. The first kappa shape index (κ1) is 13.3. The van der Waals surface area contributed by atoms with Gasteiger partial charge in [0, 0.05) is 37.8 Å². The number of fused-ring (bicyclic) bond motifs is 1. The summed E-state index contributed by atoms with van der Waals surface area (Å²) >= 11 is 0. The van der Waals surface area contributed by atoms with E-state index >= 15 is 0 Å². The van der Waals surface area contributed by atoms with E-state index in [0.717, 1.165) is 12.6 Å². The Morgan fingerprint density at radius 2 is 2.06 bits per heavy atom. The normalized spacial score (nSPS) is 33.7. The third-order valence-electron chi connectivity index (χ3n) is 4.91. The van der Waals surface area contributed by atoms with Crippen LogP contribution in [-0.2, 0) is 0 Å². The van der Waals surface area contributed by atoms with E-state index in [1.807, 2.05) is 0 Å². The zero-order valence-electron chi connectivity index (χ0n) is 11.9. The molecule has 0 bridgehead atoms. The lowest BCUT2D eigenvalue weighted by molar-refractivity contribution is 0.0290. The molecule has 0 saturated carbocycles. The van der Waals surface area contributed by atoms with Gasteiger partial charge in [-0.05, 0) is 38.6 Å². The van der Waals surface area contributed by atoms with E-state index in [1.165, 1.54) is 32.5 Å². The summed E-state index contributed by atoms with van der Waals surface area (Å²) < 4.78 is 0. The standard InChI is InChI=1S/C14H29N3/c1-11-8-16-7-5-6-13(16)9-17(11)10-14(3,4)12(2)15/h11-13H,5-10,15H2,1-4H3. The summed E-state index contributed by atoms with van der Waals surface area (Å²) in [6, 6.07) is 1.76. The summed E-state index contributed by atoms with van der Waals surface area (Å²) in [5.74, 6) is 0. The largest absolute Gasteiger partial charge is 0.327 e. The van der Waals surface area contributed by atoms with E-state index in [2.05, 4.69) is 37.5 Å². The van der Waals surface area contributed by atoms with E-state index in [9.17, 15) is 0 Å². The summed E-state index contributed by atoms with van der Waals surface area (Å²) in [5.41, 5.74) is 6.32. The van der Waals surface area contributed by atoms with Crippen LogP contribution < -0.4 is 5.73 Å². The van der Waals surface area contributed by atoms with Crippen molar-refractivity contribution in [2.45, 2.75) is 58.7 Å². The summed E-state index contributed by atoms with van der Waals surface area (Å²) in [4.78, 5) is 5.34. The molecule has 0 amide bonds. The molecule has 2 aliphatic heterocycles. The lowest BCUT2D eigenvalue weighted by Gasteiger charge is -2.46. The maximum Gasteiger partial charge on any atom is 0.0224 e. The molecule has 17 heavy (non-hydrogen) atoms. The first-order chi connectivity index (χ1) is 7.90. The molecule has 0 aromatic rings. The Kier molecular flexibility index (Phi) is 3.81. The first-order valence-electron chi connectivity index (χ1n) is 7.14. The third kappa shape index (κ3) is 2.83. The number of rotatable bonds is 3. The molecule has 2 rings (SSSR count). The SMILES string of the molecule is CC1CN2CCCC2CN1CC(C)(C)C(C)N. The van der Waals surface area contributed by atoms with Gasteiger partial charge in [-0.1, -0.05) is 13.8 Å². The van der Waals surface area contributed by atoms with E-state index in [4.69, 9.17) is 5.73 Å². The molecule has 2 saturated heterocycles. The Labute approximate surface area is 106 Å². The van der Waals surface area contributed by atoms with E-state index in [0.29, 0.717) is 6.04 Å². The van der Waals surface area contributed by atoms with E-state index in [-0.39, 0.29) is 11.5 Å². The Bertz CT molecular complexity index is 262. The number of nitrogens with zero attached hydrogens (tertiary/aromatic N) is 2. The Morgan fingerprint density at radius 1 is 1.35 bits per heavy atom. The van der Waals surface area contributed by atoms with Gasteiger partial charge in [0.25, 0.3) is 0 Å². The number of nitrogens with two attached hydrogens (primary N) is 1. The number of hydrogen-bond acceptors (Lipinski definition) is 3. The highest BCUT2D eigenvalue weighted by Crippen LogP contribution is 2.28. The average molecular weight is 239 g/mol. The van der Waals surface area contributed by atoms with Crippen LogP contribution in [0.1, 0.15) is 40.5 Å². The van der Waals surface area contributed by atoms with Gasteiger partial charge in [0.2, 0.25) is 0 Å². The fourth-order valence-electron chi connectivity index (χ4n) is 3.14. The van der Waals surface area contributed by atoms with Crippen LogP contribution in [0, 0.1) is 5.41 Å². The fourth-order valence-corrected chi connectivity index (χ4v) is 3.14. The second kappa shape index (κ2) is 4.87. The second-order valence-electron chi connectivity index (χ2n) is 6.85. The molecule has 3 unspecified atom stereocenters. The molecule has 3 atom stereocenters. The maximum atomic E-state index is 6.10. The molecule has 0 aliphatic carbocycles. The number of piperazine rings is 1. The topological polar surface area (TPSA) is 32.5 Å². The molecule has 2 N–H and O–H groups in total. The van der Waals surface area contributed by atoms with Gasteiger partial charge in [-0.2, -0.15) is 0 Å². The molecular weight excluding hydrogens is 210 g/mol. The summed E-state index contributed by atoms with van der Waals surface area (Å²) in [7, 11) is 0. The monoisotopic (exact) mass is 239 g/mol. The number of hydrogen-bond donors (Lipinski definition) is 1. The minimum atomic E-state index is 0.217. The van der Waals surface area contributed by atoms with Gasteiger partial charge in [0.15, 0.2) is 0 Å². The molecule has 0 spiro atoms. The summed E-state index contributed by atoms with van der Waals surface area (Å²) in [5, 5.41) is 0. The minimum Gasteiger partial charge on any atom is -0.327 e. The van der Waals surface area contributed by atoms with Crippen molar-refractivity contribution in [2.24, 2.45) is 11.1 Å². The van der Waals surface area contributed by atoms with Crippen LogP contribution in [-0.4, -0.2) is 54.1 Å². The van der Waals surface area contributed by atoms with Crippen LogP contribution in [0.15, 0.2) is 0 Å². The van der Waals surface area contributed by atoms with E-state index in [1.54, 1.807) is 0 Å². The van der Waals surface area contributed by atoms with Crippen molar-refractivity contribution in [1.29, 1.82) is 0 Å². The summed E-state index contributed by atoms with van der Waals surface area (Å²) in [6.45, 7) is 14.0.